The van der Waals surface area contributed by atoms with Crippen LogP contribution in [0.5, 0.6) is 0 Å². The number of rotatable bonds is 4. The smallest absolute Gasteiger partial charge is 0.136 e. The maximum Gasteiger partial charge on any atom is 0.136 e. The molecule has 0 N–H and O–H groups in total. The molecule has 0 aliphatic rings. The molecule has 3 nitrogen and oxygen atoms in total. The normalized spacial score (nSPS) is 11.5. The average Bonchev–Trinajstić information content (AvgIpc) is 3.67. The van der Waals surface area contributed by atoms with Gasteiger partial charge in [-0.25, -0.2) is 0 Å². The van der Waals surface area contributed by atoms with Crippen LogP contribution in [0.4, 0.5) is 0 Å². The van der Waals surface area contributed by atoms with E-state index in [2.05, 4.69) is 144 Å². The van der Waals surface area contributed by atoms with Gasteiger partial charge in [-0.2, -0.15) is 5.26 Å². The number of para-hydroxylation sites is 2. The van der Waals surface area contributed by atoms with E-state index in [4.69, 9.17) is 4.42 Å². The van der Waals surface area contributed by atoms with E-state index < -0.39 is 0 Å². The van der Waals surface area contributed by atoms with Crippen molar-refractivity contribution < 1.29 is 4.42 Å². The van der Waals surface area contributed by atoms with Crippen molar-refractivity contribution in [3.63, 3.8) is 0 Å². The molecule has 9 rings (SSSR count). The third kappa shape index (κ3) is 3.98. The van der Waals surface area contributed by atoms with Gasteiger partial charge in [0.25, 0.3) is 0 Å². The summed E-state index contributed by atoms with van der Waals surface area (Å²) in [5, 5.41) is 14.1. The molecule has 0 saturated heterocycles. The van der Waals surface area contributed by atoms with Crippen LogP contribution in [0.2, 0.25) is 0 Å². The molecule has 0 bridgehead atoms. The van der Waals surface area contributed by atoms with Gasteiger partial charge in [0.15, 0.2) is 0 Å². The van der Waals surface area contributed by atoms with Crippen LogP contribution in [0.1, 0.15) is 5.56 Å². The average molecular weight is 587 g/mol. The molecule has 0 radical (unpaired) electrons. The summed E-state index contributed by atoms with van der Waals surface area (Å²) in [6.07, 6.45) is 0. The lowest BCUT2D eigenvalue weighted by atomic mass is 9.86. The zero-order chi connectivity index (χ0) is 30.6. The predicted molar refractivity (Wildman–Crippen MR) is 189 cm³/mol. The van der Waals surface area contributed by atoms with Gasteiger partial charge in [0.2, 0.25) is 0 Å². The predicted octanol–water partition coefficient (Wildman–Crippen LogP) is 11.6. The van der Waals surface area contributed by atoms with Crippen molar-refractivity contribution in [2.24, 2.45) is 0 Å². The first kappa shape index (κ1) is 26.1. The first-order chi connectivity index (χ1) is 22.8. The topological polar surface area (TPSA) is 41.9 Å². The first-order valence-corrected chi connectivity index (χ1v) is 15.4. The van der Waals surface area contributed by atoms with E-state index in [0.717, 1.165) is 71.7 Å². The van der Waals surface area contributed by atoms with Crippen LogP contribution in [0.15, 0.2) is 162 Å². The lowest BCUT2D eigenvalue weighted by Gasteiger charge is -2.18. The first-order valence-electron chi connectivity index (χ1n) is 15.4. The van der Waals surface area contributed by atoms with E-state index in [1.807, 2.05) is 24.3 Å². The quantitative estimate of drug-likeness (QED) is 0.206. The van der Waals surface area contributed by atoms with Crippen molar-refractivity contribution in [1.82, 2.24) is 4.57 Å². The van der Waals surface area contributed by atoms with E-state index >= 15 is 0 Å². The van der Waals surface area contributed by atoms with Crippen molar-refractivity contribution >= 4 is 43.7 Å². The molecule has 7 aromatic carbocycles. The Bertz CT molecular complexity index is 2650. The Hall–Kier alpha value is -6.37. The highest BCUT2D eigenvalue weighted by Gasteiger charge is 2.20. The summed E-state index contributed by atoms with van der Waals surface area (Å²) in [6.45, 7) is 0. The third-order valence-corrected chi connectivity index (χ3v) is 9.04. The number of nitrogens with zero attached hydrogens (tertiary/aromatic N) is 2. The van der Waals surface area contributed by atoms with Gasteiger partial charge < -0.3 is 8.98 Å². The van der Waals surface area contributed by atoms with Crippen molar-refractivity contribution in [2.75, 3.05) is 0 Å². The highest BCUT2D eigenvalue weighted by Crippen LogP contribution is 2.45. The number of hydrogen-bond acceptors (Lipinski definition) is 2. The number of nitriles is 1. The van der Waals surface area contributed by atoms with Crippen molar-refractivity contribution in [3.05, 3.63) is 163 Å². The molecule has 9 aromatic rings. The molecule has 0 aliphatic heterocycles. The Morgan fingerprint density at radius 1 is 0.478 bits per heavy atom. The lowest BCUT2D eigenvalue weighted by molar-refractivity contribution is 0.669. The SMILES string of the molecule is N#Cc1ccc2c(c1)c1ccccc1n2-c1cccc(-c2cccc(-c3ccccc3)c2-c2cccc3oc4ccccc4c23)c1. The summed E-state index contributed by atoms with van der Waals surface area (Å²) < 4.78 is 8.65. The minimum atomic E-state index is 0.660. The number of hydrogen-bond donors (Lipinski definition) is 0. The molecule has 3 heteroatoms. The van der Waals surface area contributed by atoms with Gasteiger partial charge in [0.05, 0.1) is 22.7 Å². The van der Waals surface area contributed by atoms with Crippen molar-refractivity contribution in [2.45, 2.75) is 0 Å². The third-order valence-electron chi connectivity index (χ3n) is 9.04. The highest BCUT2D eigenvalue weighted by molar-refractivity contribution is 6.15. The number of benzene rings is 7. The lowest BCUT2D eigenvalue weighted by Crippen LogP contribution is -1.96. The molecule has 0 unspecified atom stereocenters. The molecule has 2 aromatic heterocycles. The Morgan fingerprint density at radius 2 is 1.13 bits per heavy atom. The second-order valence-electron chi connectivity index (χ2n) is 11.6. The van der Waals surface area contributed by atoms with Crippen LogP contribution in [-0.2, 0) is 0 Å². The summed E-state index contributed by atoms with van der Waals surface area (Å²) in [4.78, 5) is 0. The van der Waals surface area contributed by atoms with E-state index in [0.29, 0.717) is 5.56 Å². The van der Waals surface area contributed by atoms with E-state index in [9.17, 15) is 5.26 Å². The Morgan fingerprint density at radius 3 is 2.00 bits per heavy atom. The van der Waals surface area contributed by atoms with Crippen LogP contribution in [-0.4, -0.2) is 4.57 Å². The number of furan rings is 1. The van der Waals surface area contributed by atoms with Crippen LogP contribution in [0, 0.1) is 11.3 Å². The molecule has 0 aliphatic carbocycles. The maximum atomic E-state index is 9.63. The zero-order valence-electron chi connectivity index (χ0n) is 24.8. The summed E-state index contributed by atoms with van der Waals surface area (Å²) in [7, 11) is 0. The minimum absolute atomic E-state index is 0.660. The van der Waals surface area contributed by atoms with Crippen LogP contribution in [0.25, 0.3) is 82.8 Å². The minimum Gasteiger partial charge on any atom is -0.456 e. The standard InChI is InChI=1S/C43H26N2O/c44-27-28-23-24-39-37(25-28)34-15-4-6-20-38(34)45(39)31-14-8-13-30(26-31)33-18-9-17-32(29-11-2-1-3-12-29)42(33)36-19-10-22-41-43(36)35-16-5-7-21-40(35)46-41/h1-26H. The highest BCUT2D eigenvalue weighted by atomic mass is 16.3. The fraction of sp³-hybridized carbons (Fsp3) is 0. The Labute approximate surface area is 265 Å². The van der Waals surface area contributed by atoms with Gasteiger partial charge in [-0.1, -0.05) is 109 Å². The van der Waals surface area contributed by atoms with Crippen LogP contribution >= 0.6 is 0 Å². The summed E-state index contributed by atoms with van der Waals surface area (Å²) in [6, 6.07) is 57.4. The summed E-state index contributed by atoms with van der Waals surface area (Å²) in [5.74, 6) is 0. The molecule has 214 valence electrons. The molecular formula is C43H26N2O. The van der Waals surface area contributed by atoms with Gasteiger partial charge in [0, 0.05) is 27.2 Å². The van der Waals surface area contributed by atoms with Gasteiger partial charge in [0.1, 0.15) is 11.2 Å². The largest absolute Gasteiger partial charge is 0.456 e. The van der Waals surface area contributed by atoms with E-state index in [1.54, 1.807) is 0 Å². The molecule has 0 atom stereocenters. The van der Waals surface area contributed by atoms with Gasteiger partial charge >= 0.3 is 0 Å². The van der Waals surface area contributed by atoms with Gasteiger partial charge in [-0.05, 0) is 81.9 Å². The molecule has 0 spiro atoms. The number of aromatic nitrogens is 1. The van der Waals surface area contributed by atoms with E-state index in [1.165, 1.54) is 11.1 Å². The summed E-state index contributed by atoms with van der Waals surface area (Å²) >= 11 is 0. The van der Waals surface area contributed by atoms with Crippen LogP contribution in [0.3, 0.4) is 0 Å². The molecule has 0 fully saturated rings. The maximum absolute atomic E-state index is 9.63. The molecule has 2 heterocycles. The second kappa shape index (κ2) is 10.4. The Balaban J connectivity index is 1.34. The molecule has 0 saturated carbocycles. The van der Waals surface area contributed by atoms with Crippen LogP contribution < -0.4 is 0 Å². The van der Waals surface area contributed by atoms with Crippen molar-refractivity contribution in [3.8, 4) is 45.1 Å². The van der Waals surface area contributed by atoms with Gasteiger partial charge in [-0.3, -0.25) is 0 Å². The molecular weight excluding hydrogens is 560 g/mol. The van der Waals surface area contributed by atoms with E-state index in [-0.39, 0.29) is 0 Å². The monoisotopic (exact) mass is 586 g/mol. The summed E-state index contributed by atoms with van der Waals surface area (Å²) in [5.41, 5.74) is 12.6. The molecule has 0 amide bonds. The second-order valence-corrected chi connectivity index (χ2v) is 11.6. The van der Waals surface area contributed by atoms with Crippen molar-refractivity contribution in [1.29, 1.82) is 5.26 Å². The fourth-order valence-corrected chi connectivity index (χ4v) is 7.06. The fourth-order valence-electron chi connectivity index (χ4n) is 7.06. The molecule has 46 heavy (non-hydrogen) atoms. The number of fused-ring (bicyclic) bond motifs is 6. The zero-order valence-corrected chi connectivity index (χ0v) is 24.8. The Kier molecular flexibility index (Phi) is 5.88. The van der Waals surface area contributed by atoms with Gasteiger partial charge in [-0.15, -0.1) is 0 Å².